The van der Waals surface area contributed by atoms with E-state index in [2.05, 4.69) is 45.3 Å². The molecule has 1 aromatic heterocycles. The maximum atomic E-state index is 5.85. The van der Waals surface area contributed by atoms with Gasteiger partial charge in [-0.1, -0.05) is 12.1 Å². The zero-order chi connectivity index (χ0) is 15.0. The Morgan fingerprint density at radius 3 is 2.00 bits per heavy atom. The van der Waals surface area contributed by atoms with Crippen LogP contribution in [0.3, 0.4) is 0 Å². The van der Waals surface area contributed by atoms with Crippen molar-refractivity contribution in [3.63, 3.8) is 0 Å². The molecule has 3 nitrogen and oxygen atoms in total. The number of nitrogens with one attached hydrogen (secondary N) is 1. The Morgan fingerprint density at radius 1 is 0.900 bits per heavy atom. The van der Waals surface area contributed by atoms with E-state index in [1.165, 1.54) is 27.8 Å². The minimum atomic E-state index is -0.0354. The van der Waals surface area contributed by atoms with Gasteiger partial charge in [0.25, 0.3) is 0 Å². The summed E-state index contributed by atoms with van der Waals surface area (Å²) in [7, 11) is 0. The minimum Gasteiger partial charge on any atom is -0.466 e. The van der Waals surface area contributed by atoms with Gasteiger partial charge in [0, 0.05) is 5.56 Å². The summed E-state index contributed by atoms with van der Waals surface area (Å²) in [6, 6.07) is 4.40. The summed E-state index contributed by atoms with van der Waals surface area (Å²) in [5.41, 5.74) is 10.3. The summed E-state index contributed by atoms with van der Waals surface area (Å²) in [4.78, 5) is 0. The predicted octanol–water partition coefficient (Wildman–Crippen LogP) is 3.68. The molecule has 2 aromatic rings. The fourth-order valence-electron chi connectivity index (χ4n) is 2.86. The van der Waals surface area contributed by atoms with E-state index in [1.807, 2.05) is 13.8 Å². The average molecular weight is 272 g/mol. The fraction of sp³-hybridized carbons (Fsp3) is 0.412. The summed E-state index contributed by atoms with van der Waals surface area (Å²) in [6.07, 6.45) is 0. The molecular formula is C17H24N2O. The molecule has 0 saturated carbocycles. The van der Waals surface area contributed by atoms with Gasteiger partial charge in [-0.3, -0.25) is 5.84 Å². The van der Waals surface area contributed by atoms with Crippen molar-refractivity contribution in [3.8, 4) is 0 Å². The topological polar surface area (TPSA) is 51.2 Å². The second-order valence-electron chi connectivity index (χ2n) is 5.65. The zero-order valence-electron chi connectivity index (χ0n) is 13.2. The molecule has 1 unspecified atom stereocenters. The van der Waals surface area contributed by atoms with Crippen molar-refractivity contribution < 1.29 is 4.42 Å². The Morgan fingerprint density at radius 2 is 1.50 bits per heavy atom. The first-order valence-corrected chi connectivity index (χ1v) is 6.97. The van der Waals surface area contributed by atoms with Crippen LogP contribution >= 0.6 is 0 Å². The van der Waals surface area contributed by atoms with Gasteiger partial charge in [-0.05, 0) is 69.4 Å². The van der Waals surface area contributed by atoms with Crippen LogP contribution in [0.25, 0.3) is 0 Å². The van der Waals surface area contributed by atoms with Gasteiger partial charge in [0.15, 0.2) is 0 Å². The largest absolute Gasteiger partial charge is 0.466 e. The Bertz CT molecular complexity index is 641. The van der Waals surface area contributed by atoms with Gasteiger partial charge in [-0.2, -0.15) is 0 Å². The van der Waals surface area contributed by atoms with Crippen molar-refractivity contribution >= 4 is 0 Å². The van der Waals surface area contributed by atoms with Gasteiger partial charge in [0.05, 0.1) is 6.04 Å². The zero-order valence-corrected chi connectivity index (χ0v) is 13.2. The molecule has 1 atom stereocenters. The Kier molecular flexibility index (Phi) is 4.02. The summed E-state index contributed by atoms with van der Waals surface area (Å²) >= 11 is 0. The van der Waals surface area contributed by atoms with Gasteiger partial charge < -0.3 is 4.42 Å². The van der Waals surface area contributed by atoms with E-state index in [0.717, 1.165) is 17.1 Å². The first-order chi connectivity index (χ1) is 9.36. The Balaban J connectivity index is 2.61. The van der Waals surface area contributed by atoms with Crippen LogP contribution in [0, 0.1) is 41.5 Å². The van der Waals surface area contributed by atoms with Crippen LogP contribution in [0.1, 0.15) is 50.9 Å². The van der Waals surface area contributed by atoms with Crippen LogP contribution < -0.4 is 11.3 Å². The molecule has 0 aliphatic rings. The van der Waals surface area contributed by atoms with Crippen LogP contribution in [0.2, 0.25) is 0 Å². The van der Waals surface area contributed by atoms with Gasteiger partial charge in [0.1, 0.15) is 11.5 Å². The smallest absolute Gasteiger partial charge is 0.106 e. The van der Waals surface area contributed by atoms with Crippen molar-refractivity contribution in [1.82, 2.24) is 5.43 Å². The molecule has 108 valence electrons. The second-order valence-corrected chi connectivity index (χ2v) is 5.65. The Hall–Kier alpha value is -1.58. The van der Waals surface area contributed by atoms with E-state index in [0.29, 0.717) is 0 Å². The molecule has 1 heterocycles. The molecule has 0 radical (unpaired) electrons. The molecule has 20 heavy (non-hydrogen) atoms. The number of hydrogen-bond donors (Lipinski definition) is 2. The van der Waals surface area contributed by atoms with E-state index in [-0.39, 0.29) is 6.04 Å². The number of rotatable bonds is 3. The molecule has 0 fully saturated rings. The molecule has 0 amide bonds. The lowest BCUT2D eigenvalue weighted by atomic mass is 9.90. The number of furan rings is 1. The summed E-state index contributed by atoms with van der Waals surface area (Å²) < 4.78 is 5.75. The molecule has 0 spiro atoms. The highest BCUT2D eigenvalue weighted by atomic mass is 16.3. The maximum Gasteiger partial charge on any atom is 0.106 e. The lowest BCUT2D eigenvalue weighted by Gasteiger charge is -2.21. The van der Waals surface area contributed by atoms with E-state index in [9.17, 15) is 0 Å². The second kappa shape index (κ2) is 5.43. The molecule has 0 aliphatic carbocycles. The standard InChI is InChI=1S/C17H24N2O/c1-9-7-11(3)15(8-10(9)2)17(19-18)16-12(4)13(5)20-14(16)6/h7-8,17,19H,18H2,1-6H3. The predicted molar refractivity (Wildman–Crippen MR) is 82.7 cm³/mol. The van der Waals surface area contributed by atoms with Crippen molar-refractivity contribution in [2.75, 3.05) is 0 Å². The van der Waals surface area contributed by atoms with E-state index in [4.69, 9.17) is 10.3 Å². The molecular weight excluding hydrogens is 248 g/mol. The summed E-state index contributed by atoms with van der Waals surface area (Å²) in [6.45, 7) is 12.5. The fourth-order valence-corrected chi connectivity index (χ4v) is 2.86. The van der Waals surface area contributed by atoms with Crippen LogP contribution in [0.15, 0.2) is 16.5 Å². The number of hydrogen-bond acceptors (Lipinski definition) is 3. The van der Waals surface area contributed by atoms with Crippen LogP contribution in [-0.2, 0) is 0 Å². The minimum absolute atomic E-state index is 0.0354. The van der Waals surface area contributed by atoms with Crippen molar-refractivity contribution in [2.45, 2.75) is 47.6 Å². The summed E-state index contributed by atoms with van der Waals surface area (Å²) in [5.74, 6) is 7.74. The number of aryl methyl sites for hydroxylation is 5. The van der Waals surface area contributed by atoms with Crippen molar-refractivity contribution in [1.29, 1.82) is 0 Å². The lowest BCUT2D eigenvalue weighted by molar-refractivity contribution is 0.494. The lowest BCUT2D eigenvalue weighted by Crippen LogP contribution is -2.30. The van der Waals surface area contributed by atoms with Crippen LogP contribution in [-0.4, -0.2) is 0 Å². The average Bonchev–Trinajstić information content (AvgIpc) is 2.63. The first-order valence-electron chi connectivity index (χ1n) is 6.97. The van der Waals surface area contributed by atoms with Crippen LogP contribution in [0.4, 0.5) is 0 Å². The highest BCUT2D eigenvalue weighted by Gasteiger charge is 2.23. The highest BCUT2D eigenvalue weighted by Crippen LogP contribution is 2.33. The molecule has 0 aliphatic heterocycles. The van der Waals surface area contributed by atoms with E-state index >= 15 is 0 Å². The Labute approximate surface area is 121 Å². The summed E-state index contributed by atoms with van der Waals surface area (Å²) in [5, 5.41) is 0. The molecule has 1 aromatic carbocycles. The third-order valence-electron chi connectivity index (χ3n) is 4.27. The highest BCUT2D eigenvalue weighted by molar-refractivity contribution is 5.46. The van der Waals surface area contributed by atoms with Gasteiger partial charge in [-0.15, -0.1) is 0 Å². The molecule has 2 rings (SSSR count). The van der Waals surface area contributed by atoms with Gasteiger partial charge in [0.2, 0.25) is 0 Å². The van der Waals surface area contributed by atoms with Crippen molar-refractivity contribution in [2.24, 2.45) is 5.84 Å². The maximum absolute atomic E-state index is 5.85. The van der Waals surface area contributed by atoms with E-state index < -0.39 is 0 Å². The van der Waals surface area contributed by atoms with Crippen LogP contribution in [0.5, 0.6) is 0 Å². The number of benzene rings is 1. The number of nitrogens with two attached hydrogens (primary N) is 1. The monoisotopic (exact) mass is 272 g/mol. The third kappa shape index (κ3) is 2.39. The third-order valence-corrected chi connectivity index (χ3v) is 4.27. The normalized spacial score (nSPS) is 12.8. The molecule has 0 saturated heterocycles. The first kappa shape index (κ1) is 14.8. The molecule has 0 bridgehead atoms. The molecule has 3 N–H and O–H groups in total. The SMILES string of the molecule is Cc1cc(C)c(C(NN)c2c(C)oc(C)c2C)cc1C. The van der Waals surface area contributed by atoms with E-state index in [1.54, 1.807) is 0 Å². The number of hydrazine groups is 1. The quantitative estimate of drug-likeness (QED) is 0.662. The molecule has 3 heteroatoms. The van der Waals surface area contributed by atoms with Gasteiger partial charge in [-0.25, -0.2) is 5.43 Å². The van der Waals surface area contributed by atoms with Gasteiger partial charge >= 0.3 is 0 Å². The van der Waals surface area contributed by atoms with Crippen molar-refractivity contribution in [3.05, 3.63) is 57.0 Å².